The number of hydroxylamine groups is 1. The Morgan fingerprint density at radius 1 is 1.23 bits per heavy atom. The van der Waals surface area contributed by atoms with Crippen LogP contribution in [0.3, 0.4) is 0 Å². The van der Waals surface area contributed by atoms with Gasteiger partial charge in [-0.3, -0.25) is 4.79 Å². The molecule has 2 N–H and O–H groups in total. The van der Waals surface area contributed by atoms with Gasteiger partial charge in [0.2, 0.25) is 0 Å². The second kappa shape index (κ2) is 10.8. The number of carbonyl (C=O) groups excluding carboxylic acids is 1. The van der Waals surface area contributed by atoms with Gasteiger partial charge in [0.25, 0.3) is 21.1 Å². The van der Waals surface area contributed by atoms with Gasteiger partial charge in [-0.1, -0.05) is 17.7 Å². The predicted molar refractivity (Wildman–Crippen MR) is 156 cm³/mol. The highest BCUT2D eigenvalue weighted by molar-refractivity contribution is 7.91. The molecule has 2 atom stereocenters. The summed E-state index contributed by atoms with van der Waals surface area (Å²) in [6, 6.07) is 6.71. The summed E-state index contributed by atoms with van der Waals surface area (Å²) in [6.07, 6.45) is 1.74. The number of halogens is 1. The molecule has 3 aliphatic heterocycles. The Kier molecular flexibility index (Phi) is 7.56. The molecule has 3 aliphatic rings. The van der Waals surface area contributed by atoms with Crippen LogP contribution in [-0.2, 0) is 27.8 Å². The minimum atomic E-state index is -3.76. The molecule has 0 saturated carbocycles. The van der Waals surface area contributed by atoms with Gasteiger partial charge >= 0.3 is 0 Å². The van der Waals surface area contributed by atoms with Gasteiger partial charge in [0.15, 0.2) is 5.01 Å². The van der Waals surface area contributed by atoms with E-state index in [1.165, 1.54) is 27.0 Å². The van der Waals surface area contributed by atoms with Crippen molar-refractivity contribution in [3.05, 3.63) is 44.9 Å². The van der Waals surface area contributed by atoms with Crippen LogP contribution in [0.2, 0.25) is 5.02 Å². The molecule has 15 heteroatoms. The number of hydrogen-bond acceptors (Lipinski definition) is 10. The Hall–Kier alpha value is -1.91. The summed E-state index contributed by atoms with van der Waals surface area (Å²) in [6.45, 7) is 2.38. The second-order valence-corrected chi connectivity index (χ2v) is 15.1. The van der Waals surface area contributed by atoms with Crippen LogP contribution in [0.15, 0.2) is 28.5 Å². The molecule has 1 amide bonds. The van der Waals surface area contributed by atoms with Crippen molar-refractivity contribution >= 4 is 77.7 Å². The van der Waals surface area contributed by atoms with Crippen LogP contribution < -0.4 is 10.8 Å². The summed E-state index contributed by atoms with van der Waals surface area (Å²) in [5.41, 5.74) is 3.83. The molecule has 5 heterocycles. The molecule has 39 heavy (non-hydrogen) atoms. The van der Waals surface area contributed by atoms with E-state index in [9.17, 15) is 13.2 Å². The zero-order valence-electron chi connectivity index (χ0n) is 21.1. The molecule has 0 aliphatic carbocycles. The minimum absolute atomic E-state index is 0.144. The fourth-order valence-corrected chi connectivity index (χ4v) is 9.78. The van der Waals surface area contributed by atoms with Gasteiger partial charge in [-0.15, -0.1) is 28.2 Å². The molecule has 10 nitrogen and oxygen atoms in total. The summed E-state index contributed by atoms with van der Waals surface area (Å²) in [4.78, 5) is 28.7. The highest BCUT2D eigenvalue weighted by Gasteiger charge is 2.39. The van der Waals surface area contributed by atoms with Crippen molar-refractivity contribution in [1.29, 1.82) is 0 Å². The first kappa shape index (κ1) is 27.3. The number of thiazole rings is 1. The zero-order valence-corrected chi connectivity index (χ0v) is 25.1. The Balaban J connectivity index is 1.24. The maximum atomic E-state index is 13.7. The van der Waals surface area contributed by atoms with E-state index in [-0.39, 0.29) is 47.1 Å². The minimum Gasteiger partial charge on any atom is -0.376 e. The smallest absolute Gasteiger partial charge is 0.283 e. The third kappa shape index (κ3) is 5.53. The number of thiocarbonyl (C=S) groups is 1. The average Bonchev–Trinajstić information content (AvgIpc) is 3.64. The maximum absolute atomic E-state index is 13.7. The van der Waals surface area contributed by atoms with Crippen molar-refractivity contribution in [3.63, 3.8) is 0 Å². The average molecular weight is 627 g/mol. The Bertz CT molecular complexity index is 1540. The molecule has 2 fully saturated rings. The Morgan fingerprint density at radius 3 is 2.87 bits per heavy atom. The molecule has 6 rings (SSSR count). The number of fused-ring (bicyclic) bond motifs is 2. The molecule has 2 saturated heterocycles. The number of piperazine rings is 1. The van der Waals surface area contributed by atoms with Gasteiger partial charge < -0.3 is 20.0 Å². The third-order valence-corrected chi connectivity index (χ3v) is 12.2. The van der Waals surface area contributed by atoms with Crippen LogP contribution in [0.4, 0.5) is 0 Å². The number of sulfonamides is 1. The van der Waals surface area contributed by atoms with Crippen LogP contribution in [0.1, 0.15) is 33.2 Å². The maximum Gasteiger partial charge on any atom is 0.283 e. The van der Waals surface area contributed by atoms with E-state index in [0.29, 0.717) is 22.9 Å². The van der Waals surface area contributed by atoms with Crippen LogP contribution >= 0.6 is 46.5 Å². The molecule has 3 aromatic rings. The molecular weight excluding hydrogens is 600 g/mol. The van der Waals surface area contributed by atoms with Crippen LogP contribution in [0.5, 0.6) is 0 Å². The summed E-state index contributed by atoms with van der Waals surface area (Å²) in [5, 5.41) is 5.17. The van der Waals surface area contributed by atoms with Gasteiger partial charge in [-0.25, -0.2) is 13.4 Å². The molecule has 0 spiro atoms. The largest absolute Gasteiger partial charge is 0.376 e. The van der Waals surface area contributed by atoms with Gasteiger partial charge in [0.05, 0.1) is 5.69 Å². The van der Waals surface area contributed by atoms with Crippen LogP contribution in [0.25, 0.3) is 10.1 Å². The van der Waals surface area contributed by atoms with Gasteiger partial charge in [0.1, 0.15) is 10.4 Å². The standard InChI is InChI=1S/C24H27ClN6O4S4/c1-29-7-6-17-19(13-29)38-22(26-17)23(32)31-9-8-30(12-16(31)4-5-20-27-24(36)35-28-20)39(33,34)21-10-14-2-3-15(25)11-18(14)37-21/h2-3,10-11,16,20,28H,4-9,12-13H2,1H3,(H,27,36). The van der Waals surface area contributed by atoms with E-state index in [2.05, 4.69) is 27.7 Å². The van der Waals surface area contributed by atoms with Crippen molar-refractivity contribution < 1.29 is 18.0 Å². The quantitative estimate of drug-likeness (QED) is 0.399. The molecule has 0 radical (unpaired) electrons. The predicted octanol–water partition coefficient (Wildman–Crippen LogP) is 3.03. The van der Waals surface area contributed by atoms with E-state index in [1.54, 1.807) is 23.1 Å². The first-order chi connectivity index (χ1) is 18.7. The molecular formula is C24H27ClN6O4S4. The van der Waals surface area contributed by atoms with E-state index in [0.717, 1.165) is 40.2 Å². The number of amides is 1. The topological polar surface area (TPSA) is 107 Å². The summed E-state index contributed by atoms with van der Waals surface area (Å²) in [5.74, 6) is -0.144. The van der Waals surface area contributed by atoms with E-state index in [1.807, 2.05) is 6.07 Å². The first-order valence-corrected chi connectivity index (χ1v) is 16.4. The first-order valence-electron chi connectivity index (χ1n) is 12.6. The third-order valence-electron chi connectivity index (χ3n) is 7.24. The number of rotatable bonds is 6. The fraction of sp³-hybridized carbons (Fsp3) is 0.458. The van der Waals surface area contributed by atoms with Crippen molar-refractivity contribution in [2.45, 2.75) is 42.2 Å². The molecule has 1 aromatic carbocycles. The lowest BCUT2D eigenvalue weighted by atomic mass is 10.1. The lowest BCUT2D eigenvalue weighted by Gasteiger charge is -2.40. The number of nitrogens with zero attached hydrogens (tertiary/aromatic N) is 4. The number of likely N-dealkylation sites (N-methyl/N-ethyl adjacent to an activating group) is 1. The number of benzene rings is 1. The van der Waals surface area contributed by atoms with Crippen LogP contribution in [-0.4, -0.2) is 84.0 Å². The van der Waals surface area contributed by atoms with Crippen molar-refractivity contribution in [1.82, 2.24) is 29.9 Å². The Morgan fingerprint density at radius 2 is 2.08 bits per heavy atom. The van der Waals surface area contributed by atoms with Crippen molar-refractivity contribution in [2.75, 3.05) is 33.2 Å². The number of hydrogen-bond donors (Lipinski definition) is 2. The fourth-order valence-electron chi connectivity index (χ4n) is 5.15. The number of aromatic nitrogens is 1. The van der Waals surface area contributed by atoms with Gasteiger partial charge in [-0.2, -0.15) is 4.31 Å². The van der Waals surface area contributed by atoms with Crippen molar-refractivity contribution in [2.24, 2.45) is 0 Å². The Labute approximate surface area is 244 Å². The highest BCUT2D eigenvalue weighted by atomic mass is 35.5. The van der Waals surface area contributed by atoms with Gasteiger partial charge in [0, 0.05) is 59.8 Å². The monoisotopic (exact) mass is 626 g/mol. The normalized spacial score (nSPS) is 22.6. The highest BCUT2D eigenvalue weighted by Crippen LogP contribution is 2.34. The summed E-state index contributed by atoms with van der Waals surface area (Å²) >= 11 is 13.8. The number of thiophene rings is 1. The lowest BCUT2D eigenvalue weighted by Crippen LogP contribution is -2.56. The van der Waals surface area contributed by atoms with E-state index in [4.69, 9.17) is 28.7 Å². The lowest BCUT2D eigenvalue weighted by molar-refractivity contribution is 0.0535. The van der Waals surface area contributed by atoms with Crippen molar-refractivity contribution in [3.8, 4) is 0 Å². The van der Waals surface area contributed by atoms with E-state index >= 15 is 0 Å². The van der Waals surface area contributed by atoms with E-state index < -0.39 is 10.0 Å². The number of carbonyl (C=O) groups is 1. The molecule has 2 unspecified atom stereocenters. The van der Waals surface area contributed by atoms with Crippen LogP contribution in [0, 0.1) is 0 Å². The molecule has 2 aromatic heterocycles. The zero-order chi connectivity index (χ0) is 27.3. The second-order valence-electron chi connectivity index (χ2n) is 9.92. The number of nitrogens with one attached hydrogen (secondary N) is 2. The summed E-state index contributed by atoms with van der Waals surface area (Å²) < 4.78 is 30.0. The molecule has 208 valence electrons. The SMILES string of the molecule is CN1CCc2nc(C(=O)N3CCN(S(=O)(=O)c4cc5ccc(Cl)cc5s4)CC3CCC3NOC(=S)N3)sc2C1. The van der Waals surface area contributed by atoms with Gasteiger partial charge in [-0.05, 0) is 55.7 Å². The molecule has 0 bridgehead atoms. The summed E-state index contributed by atoms with van der Waals surface area (Å²) in [7, 11) is -1.70.